The minimum atomic E-state index is -0.0496. The molecule has 0 saturated carbocycles. The van der Waals surface area contributed by atoms with Crippen LogP contribution in [0.3, 0.4) is 0 Å². The van der Waals surface area contributed by atoms with E-state index in [1.54, 1.807) is 22.8 Å². The largest absolute Gasteiger partial charge is 1.00 e. The predicted molar refractivity (Wildman–Crippen MR) is 100 cm³/mol. The van der Waals surface area contributed by atoms with Crippen LogP contribution >= 0.6 is 15.9 Å². The number of benzene rings is 2. The quantitative estimate of drug-likeness (QED) is 0.407. The summed E-state index contributed by atoms with van der Waals surface area (Å²) in [5.41, 5.74) is 8.73. The Morgan fingerprint density at radius 2 is 2.00 bits per heavy atom. The standard InChI is InChI=1S/C19H16BrN3O3.BrH/c1-22-15(12-3-2-4-14(20)7-12)9-23(19(22)21)10-16(24)13-5-6-17-18(8-13)26-11-25-17;/h2-9,21H,10-11H2,1H3;1H. The van der Waals surface area contributed by atoms with Crippen LogP contribution in [0.15, 0.2) is 53.1 Å². The molecule has 1 aliphatic heterocycles. The number of aromatic nitrogens is 2. The summed E-state index contributed by atoms with van der Waals surface area (Å²) in [7, 11) is 1.88. The topological polar surface area (TPSA) is 70.4 Å². The SMILES string of the molecule is Cn1c(-c2cccc(Br)c2)c[n+](CC(=O)c2ccc3c(c2)OCO3)c1N.[Br-]. The van der Waals surface area contributed by atoms with Gasteiger partial charge in [0.05, 0.1) is 7.05 Å². The lowest BCUT2D eigenvalue weighted by atomic mass is 10.1. The van der Waals surface area contributed by atoms with E-state index >= 15 is 0 Å². The molecular formula is C19H17Br2N3O3. The number of ether oxygens (including phenoxy) is 2. The maximum atomic E-state index is 12.7. The molecule has 0 atom stereocenters. The maximum Gasteiger partial charge on any atom is 0.355 e. The molecule has 2 heterocycles. The lowest BCUT2D eigenvalue weighted by molar-refractivity contribution is -0.667. The molecule has 3 aromatic rings. The average Bonchev–Trinajstić information content (AvgIpc) is 3.21. The summed E-state index contributed by atoms with van der Waals surface area (Å²) in [6.45, 7) is 0.330. The Morgan fingerprint density at radius 1 is 1.22 bits per heavy atom. The molecule has 2 N–H and O–H groups in total. The van der Waals surface area contributed by atoms with Crippen LogP contribution in [0, 0.1) is 0 Å². The van der Waals surface area contributed by atoms with Crippen molar-refractivity contribution in [1.82, 2.24) is 4.57 Å². The average molecular weight is 495 g/mol. The van der Waals surface area contributed by atoms with Gasteiger partial charge in [-0.05, 0) is 30.3 Å². The number of nitrogens with two attached hydrogens (primary N) is 1. The van der Waals surface area contributed by atoms with E-state index in [1.807, 2.05) is 42.1 Å². The van der Waals surface area contributed by atoms with Gasteiger partial charge in [0.2, 0.25) is 6.79 Å². The normalized spacial score (nSPS) is 11.9. The molecule has 0 amide bonds. The molecule has 0 spiro atoms. The minimum absolute atomic E-state index is 0. The highest BCUT2D eigenvalue weighted by Crippen LogP contribution is 2.32. The summed E-state index contributed by atoms with van der Waals surface area (Å²) in [4.78, 5) is 12.7. The molecule has 0 bridgehead atoms. The number of imidazole rings is 1. The van der Waals surface area contributed by atoms with Crippen molar-refractivity contribution in [2.24, 2.45) is 7.05 Å². The minimum Gasteiger partial charge on any atom is -1.00 e. The maximum absolute atomic E-state index is 12.7. The Morgan fingerprint density at radius 3 is 2.78 bits per heavy atom. The van der Waals surface area contributed by atoms with Crippen molar-refractivity contribution in [3.05, 3.63) is 58.7 Å². The Hall–Kier alpha value is -2.32. The summed E-state index contributed by atoms with van der Waals surface area (Å²) in [6, 6.07) is 13.1. The van der Waals surface area contributed by atoms with Crippen molar-refractivity contribution in [3.63, 3.8) is 0 Å². The van der Waals surface area contributed by atoms with Crippen LogP contribution in [0.2, 0.25) is 0 Å². The van der Waals surface area contributed by atoms with Crippen molar-refractivity contribution in [1.29, 1.82) is 0 Å². The van der Waals surface area contributed by atoms with E-state index in [4.69, 9.17) is 15.2 Å². The second kappa shape index (κ2) is 7.74. The van der Waals surface area contributed by atoms with Crippen LogP contribution in [0.25, 0.3) is 11.3 Å². The number of hydrogen-bond donors (Lipinski definition) is 1. The van der Waals surface area contributed by atoms with Crippen LogP contribution < -0.4 is 36.8 Å². The molecule has 2 aromatic carbocycles. The molecule has 8 heteroatoms. The van der Waals surface area contributed by atoms with Crippen molar-refractivity contribution in [2.75, 3.05) is 12.5 Å². The van der Waals surface area contributed by atoms with Gasteiger partial charge < -0.3 is 26.5 Å². The van der Waals surface area contributed by atoms with E-state index in [1.165, 1.54) is 0 Å². The third-order valence-corrected chi connectivity index (χ3v) is 4.90. The number of ketones is 1. The van der Waals surface area contributed by atoms with Gasteiger partial charge in [0.15, 0.2) is 17.3 Å². The highest BCUT2D eigenvalue weighted by molar-refractivity contribution is 9.10. The fraction of sp³-hybridized carbons (Fsp3) is 0.158. The number of carbonyl (C=O) groups is 1. The number of Topliss-reactive ketones (excluding diaryl/α,β-unsaturated/α-hetero) is 1. The van der Waals surface area contributed by atoms with E-state index in [2.05, 4.69) is 15.9 Å². The van der Waals surface area contributed by atoms with Gasteiger partial charge in [-0.1, -0.05) is 28.1 Å². The van der Waals surface area contributed by atoms with Crippen molar-refractivity contribution in [3.8, 4) is 22.8 Å². The first-order valence-corrected chi connectivity index (χ1v) is 8.85. The lowest BCUT2D eigenvalue weighted by Crippen LogP contribution is -3.00. The molecule has 1 aromatic heterocycles. The fourth-order valence-electron chi connectivity index (χ4n) is 2.98. The van der Waals surface area contributed by atoms with Crippen molar-refractivity contribution >= 4 is 27.7 Å². The number of halogens is 2. The van der Waals surface area contributed by atoms with Gasteiger partial charge in [-0.15, -0.1) is 0 Å². The van der Waals surface area contributed by atoms with Crippen LogP contribution in [0.4, 0.5) is 5.95 Å². The number of nitrogens with zero attached hydrogens (tertiary/aromatic N) is 2. The van der Waals surface area contributed by atoms with Gasteiger partial charge in [-0.3, -0.25) is 10.5 Å². The van der Waals surface area contributed by atoms with Crippen LogP contribution in [-0.2, 0) is 13.6 Å². The molecule has 1 aliphatic rings. The van der Waals surface area contributed by atoms with E-state index in [0.717, 1.165) is 15.7 Å². The van der Waals surface area contributed by atoms with Crippen LogP contribution in [-0.4, -0.2) is 17.1 Å². The van der Waals surface area contributed by atoms with Gasteiger partial charge in [0, 0.05) is 15.6 Å². The smallest absolute Gasteiger partial charge is 0.355 e. The molecule has 140 valence electrons. The van der Waals surface area contributed by atoms with E-state index < -0.39 is 0 Å². The highest BCUT2D eigenvalue weighted by atomic mass is 79.9. The first kappa shape index (κ1) is 19.4. The zero-order valence-electron chi connectivity index (χ0n) is 14.5. The molecule has 27 heavy (non-hydrogen) atoms. The lowest BCUT2D eigenvalue weighted by Gasteiger charge is -2.02. The Balaban J connectivity index is 0.00000210. The Labute approximate surface area is 175 Å². The summed E-state index contributed by atoms with van der Waals surface area (Å²) in [5.74, 6) is 1.71. The highest BCUT2D eigenvalue weighted by Gasteiger charge is 2.22. The molecule has 0 fully saturated rings. The zero-order chi connectivity index (χ0) is 18.3. The van der Waals surface area contributed by atoms with Gasteiger partial charge in [0.25, 0.3) is 0 Å². The number of anilines is 1. The fourth-order valence-corrected chi connectivity index (χ4v) is 3.37. The van der Waals surface area contributed by atoms with E-state index in [-0.39, 0.29) is 36.1 Å². The Kier molecular flexibility index (Phi) is 5.57. The van der Waals surface area contributed by atoms with Crippen molar-refractivity contribution < 1.29 is 35.8 Å². The molecule has 0 unspecified atom stereocenters. The summed E-state index contributed by atoms with van der Waals surface area (Å²) < 4.78 is 15.2. The number of rotatable bonds is 4. The van der Waals surface area contributed by atoms with Crippen LogP contribution in [0.5, 0.6) is 11.5 Å². The third-order valence-electron chi connectivity index (χ3n) is 4.41. The molecule has 0 saturated heterocycles. The third kappa shape index (κ3) is 3.72. The second-order valence-electron chi connectivity index (χ2n) is 6.06. The van der Waals surface area contributed by atoms with Gasteiger partial charge in [0.1, 0.15) is 18.4 Å². The monoisotopic (exact) mass is 493 g/mol. The van der Waals surface area contributed by atoms with Gasteiger partial charge >= 0.3 is 5.95 Å². The molecule has 0 radical (unpaired) electrons. The van der Waals surface area contributed by atoms with Gasteiger partial charge in [-0.25, -0.2) is 9.13 Å². The zero-order valence-corrected chi connectivity index (χ0v) is 17.7. The van der Waals surface area contributed by atoms with Gasteiger partial charge in [-0.2, -0.15) is 0 Å². The number of fused-ring (bicyclic) bond motifs is 1. The number of carbonyl (C=O) groups excluding carboxylic acids is 1. The van der Waals surface area contributed by atoms with Crippen LogP contribution in [0.1, 0.15) is 10.4 Å². The molecule has 0 aliphatic carbocycles. The first-order chi connectivity index (χ1) is 12.5. The first-order valence-electron chi connectivity index (χ1n) is 8.06. The summed E-state index contributed by atoms with van der Waals surface area (Å²) >= 11 is 3.48. The van der Waals surface area contributed by atoms with E-state index in [9.17, 15) is 4.79 Å². The number of nitrogen functional groups attached to an aromatic ring is 1. The van der Waals surface area contributed by atoms with Crippen molar-refractivity contribution in [2.45, 2.75) is 6.54 Å². The predicted octanol–water partition coefficient (Wildman–Crippen LogP) is -0.0601. The summed E-state index contributed by atoms with van der Waals surface area (Å²) in [5, 5.41) is 0. The number of hydrogen-bond acceptors (Lipinski definition) is 4. The second-order valence-corrected chi connectivity index (χ2v) is 6.98. The molecular weight excluding hydrogens is 478 g/mol. The molecule has 4 rings (SSSR count). The Bertz CT molecular complexity index is 1020. The van der Waals surface area contributed by atoms with E-state index in [0.29, 0.717) is 23.0 Å². The summed E-state index contributed by atoms with van der Waals surface area (Å²) in [6.07, 6.45) is 1.89. The molecule has 6 nitrogen and oxygen atoms in total.